The van der Waals surface area contributed by atoms with E-state index in [1.807, 2.05) is 121 Å². The lowest BCUT2D eigenvalue weighted by Gasteiger charge is -2.46. The maximum atomic E-state index is 11.5. The van der Waals surface area contributed by atoms with Crippen LogP contribution in [0, 0.1) is 0 Å². The quantitative estimate of drug-likeness (QED) is 0.110. The molecule has 1 aliphatic rings. The standard InChI is InChI=1S/C41H40O6/c42-25-31-21-23-36(24-22-31)38-40(45-28-34-17-9-3-10-18-34)41(46-29-35-19-11-4-12-20-35)39(44-27-33-15-7-2-8-16-33)37(47-38)30-43-26-32-13-5-1-6-14-32/h1-25,37-41H,26-30H2/t37-,38?,39-,40+,41+/m1/s1. The molecule has 0 N–H and O–H groups in total. The van der Waals surface area contributed by atoms with Gasteiger partial charge in [-0.1, -0.05) is 146 Å². The van der Waals surface area contributed by atoms with Crippen LogP contribution >= 0.6 is 0 Å². The smallest absolute Gasteiger partial charge is 0.150 e. The van der Waals surface area contributed by atoms with Crippen molar-refractivity contribution in [2.24, 2.45) is 0 Å². The largest absolute Gasteiger partial charge is 0.374 e. The molecule has 6 heteroatoms. The third-order valence-corrected chi connectivity index (χ3v) is 8.28. The third-order valence-electron chi connectivity index (χ3n) is 8.28. The number of carbonyl (C=O) groups is 1. The maximum Gasteiger partial charge on any atom is 0.150 e. The molecule has 5 aromatic rings. The van der Waals surface area contributed by atoms with Crippen LogP contribution in [0.2, 0.25) is 0 Å². The van der Waals surface area contributed by atoms with Crippen molar-refractivity contribution in [3.8, 4) is 0 Å². The van der Waals surface area contributed by atoms with Crippen LogP contribution in [0.5, 0.6) is 0 Å². The Morgan fingerprint density at radius 1 is 0.489 bits per heavy atom. The summed E-state index contributed by atoms with van der Waals surface area (Å²) in [5.74, 6) is 0. The Bertz CT molecular complexity index is 1610. The van der Waals surface area contributed by atoms with Gasteiger partial charge in [-0.3, -0.25) is 4.79 Å². The van der Waals surface area contributed by atoms with Crippen molar-refractivity contribution in [1.82, 2.24) is 0 Å². The highest BCUT2D eigenvalue weighted by Gasteiger charge is 2.49. The van der Waals surface area contributed by atoms with Crippen molar-refractivity contribution in [1.29, 1.82) is 0 Å². The van der Waals surface area contributed by atoms with Crippen molar-refractivity contribution in [3.63, 3.8) is 0 Å². The summed E-state index contributed by atoms with van der Waals surface area (Å²) in [4.78, 5) is 11.5. The monoisotopic (exact) mass is 628 g/mol. The van der Waals surface area contributed by atoms with Crippen molar-refractivity contribution in [2.45, 2.75) is 56.9 Å². The van der Waals surface area contributed by atoms with Gasteiger partial charge in [-0.2, -0.15) is 0 Å². The van der Waals surface area contributed by atoms with Crippen LogP contribution in [0.3, 0.4) is 0 Å². The Morgan fingerprint density at radius 2 is 0.915 bits per heavy atom. The van der Waals surface area contributed by atoms with Gasteiger partial charge in [0.2, 0.25) is 0 Å². The van der Waals surface area contributed by atoms with Gasteiger partial charge in [-0.25, -0.2) is 0 Å². The van der Waals surface area contributed by atoms with Crippen molar-refractivity contribution >= 4 is 6.29 Å². The van der Waals surface area contributed by atoms with Gasteiger partial charge in [-0.15, -0.1) is 0 Å². The molecular formula is C41H40O6. The molecule has 6 nitrogen and oxygen atoms in total. The predicted molar refractivity (Wildman–Crippen MR) is 181 cm³/mol. The molecule has 1 saturated heterocycles. The summed E-state index contributed by atoms with van der Waals surface area (Å²) in [5, 5.41) is 0. The minimum atomic E-state index is -0.535. The van der Waals surface area contributed by atoms with E-state index in [2.05, 4.69) is 12.1 Å². The summed E-state index contributed by atoms with van der Waals surface area (Å²) in [6.45, 7) is 1.83. The highest BCUT2D eigenvalue weighted by atomic mass is 16.6. The fourth-order valence-corrected chi connectivity index (χ4v) is 5.82. The van der Waals surface area contributed by atoms with Gasteiger partial charge in [0.25, 0.3) is 0 Å². The normalized spacial score (nSPS) is 20.9. The first-order valence-electron chi connectivity index (χ1n) is 16.1. The van der Waals surface area contributed by atoms with Crippen LogP contribution in [0.15, 0.2) is 146 Å². The first kappa shape index (κ1) is 32.5. The minimum absolute atomic E-state index is 0.286. The zero-order valence-corrected chi connectivity index (χ0v) is 26.3. The van der Waals surface area contributed by atoms with Gasteiger partial charge in [0.05, 0.1) is 33.0 Å². The van der Waals surface area contributed by atoms with E-state index in [0.717, 1.165) is 34.1 Å². The van der Waals surface area contributed by atoms with Crippen LogP contribution in [-0.4, -0.2) is 37.3 Å². The number of rotatable bonds is 15. The number of ether oxygens (including phenoxy) is 5. The molecule has 1 heterocycles. The number of benzene rings is 5. The average Bonchev–Trinajstić information content (AvgIpc) is 3.14. The van der Waals surface area contributed by atoms with E-state index in [-0.39, 0.29) is 6.61 Å². The lowest BCUT2D eigenvalue weighted by Crippen LogP contribution is -2.58. The minimum Gasteiger partial charge on any atom is -0.374 e. The zero-order valence-electron chi connectivity index (χ0n) is 26.3. The van der Waals surface area contributed by atoms with Crippen LogP contribution in [0.4, 0.5) is 0 Å². The number of hydrogen-bond acceptors (Lipinski definition) is 6. The van der Waals surface area contributed by atoms with E-state index >= 15 is 0 Å². The summed E-state index contributed by atoms with van der Waals surface area (Å²) in [6, 6.07) is 47.8. The van der Waals surface area contributed by atoms with Gasteiger partial charge in [-0.05, 0) is 27.8 Å². The molecular weight excluding hydrogens is 588 g/mol. The molecule has 0 amide bonds. The van der Waals surface area contributed by atoms with E-state index in [0.29, 0.717) is 32.0 Å². The Kier molecular flexibility index (Phi) is 11.7. The third kappa shape index (κ3) is 9.10. The van der Waals surface area contributed by atoms with Gasteiger partial charge in [0.15, 0.2) is 0 Å². The molecule has 240 valence electrons. The fraction of sp³-hybridized carbons (Fsp3) is 0.244. The van der Waals surface area contributed by atoms with Gasteiger partial charge >= 0.3 is 0 Å². The Morgan fingerprint density at radius 3 is 1.38 bits per heavy atom. The van der Waals surface area contributed by atoms with E-state index < -0.39 is 30.5 Å². The summed E-state index contributed by atoms with van der Waals surface area (Å²) >= 11 is 0. The van der Waals surface area contributed by atoms with E-state index in [1.165, 1.54) is 0 Å². The summed E-state index contributed by atoms with van der Waals surface area (Å²) < 4.78 is 33.5. The number of hydrogen-bond donors (Lipinski definition) is 0. The molecule has 1 fully saturated rings. The number of aldehydes is 1. The average molecular weight is 629 g/mol. The van der Waals surface area contributed by atoms with E-state index in [4.69, 9.17) is 23.7 Å². The zero-order chi connectivity index (χ0) is 32.1. The Hall–Kier alpha value is -4.43. The molecule has 1 unspecified atom stereocenters. The second kappa shape index (κ2) is 16.9. The molecule has 0 radical (unpaired) electrons. The topological polar surface area (TPSA) is 63.2 Å². The van der Waals surface area contributed by atoms with Gasteiger partial charge in [0.1, 0.15) is 36.8 Å². The maximum absolute atomic E-state index is 11.5. The summed E-state index contributed by atoms with van der Waals surface area (Å²) in [7, 11) is 0. The van der Waals surface area contributed by atoms with Crippen LogP contribution in [0.25, 0.3) is 0 Å². The first-order valence-corrected chi connectivity index (χ1v) is 16.1. The second-order valence-electron chi connectivity index (χ2n) is 11.7. The molecule has 0 saturated carbocycles. The fourth-order valence-electron chi connectivity index (χ4n) is 5.82. The highest BCUT2D eigenvalue weighted by molar-refractivity contribution is 5.74. The molecule has 5 atom stereocenters. The molecule has 0 aromatic heterocycles. The molecule has 0 spiro atoms. The lowest BCUT2D eigenvalue weighted by atomic mass is 9.90. The van der Waals surface area contributed by atoms with Crippen LogP contribution in [0.1, 0.15) is 44.3 Å². The molecule has 6 rings (SSSR count). The molecule has 0 bridgehead atoms. The molecule has 1 aliphatic heterocycles. The molecule has 5 aromatic carbocycles. The molecule has 47 heavy (non-hydrogen) atoms. The van der Waals surface area contributed by atoms with Gasteiger partial charge in [0, 0.05) is 5.56 Å². The Balaban J connectivity index is 1.34. The van der Waals surface area contributed by atoms with Crippen LogP contribution in [-0.2, 0) is 50.1 Å². The van der Waals surface area contributed by atoms with Crippen molar-refractivity contribution in [2.75, 3.05) is 6.61 Å². The Labute approximate surface area is 276 Å². The number of carbonyl (C=O) groups excluding carboxylic acids is 1. The van der Waals surface area contributed by atoms with Crippen molar-refractivity contribution < 1.29 is 28.5 Å². The van der Waals surface area contributed by atoms with E-state index in [1.54, 1.807) is 12.1 Å². The van der Waals surface area contributed by atoms with Crippen LogP contribution < -0.4 is 0 Å². The first-order chi connectivity index (χ1) is 23.3. The second-order valence-corrected chi connectivity index (χ2v) is 11.7. The SMILES string of the molecule is O=Cc1ccc(C2O[C@H](COCc3ccccc3)[C@@H](OCc3ccccc3)[C@H](OCc3ccccc3)[C@H]2OCc2ccccc2)cc1. The molecule has 0 aliphatic carbocycles. The predicted octanol–water partition coefficient (Wildman–Crippen LogP) is 7.91. The van der Waals surface area contributed by atoms with Crippen molar-refractivity contribution in [3.05, 3.63) is 179 Å². The summed E-state index contributed by atoms with van der Waals surface area (Å²) in [5.41, 5.74) is 5.69. The summed E-state index contributed by atoms with van der Waals surface area (Å²) in [6.07, 6.45) is -1.71. The van der Waals surface area contributed by atoms with Gasteiger partial charge < -0.3 is 23.7 Å². The highest BCUT2D eigenvalue weighted by Crippen LogP contribution is 2.38. The van der Waals surface area contributed by atoms with E-state index in [9.17, 15) is 4.79 Å². The lowest BCUT2D eigenvalue weighted by molar-refractivity contribution is -0.275.